The molecule has 1 N–H and O–H groups in total. The van der Waals surface area contributed by atoms with Crippen molar-refractivity contribution < 1.29 is 23.8 Å². The first-order chi connectivity index (χ1) is 9.49. The zero-order valence-electron chi connectivity index (χ0n) is 9.97. The minimum absolute atomic E-state index is 0.0690. The van der Waals surface area contributed by atoms with Gasteiger partial charge in [-0.2, -0.15) is 0 Å². The summed E-state index contributed by atoms with van der Waals surface area (Å²) in [5.74, 6) is -2.71. The fraction of sp³-hybridized carbons (Fsp3) is 0. The maximum atomic E-state index is 13.1. The van der Waals surface area contributed by atoms with Gasteiger partial charge in [-0.1, -0.05) is 12.1 Å². The summed E-state index contributed by atoms with van der Waals surface area (Å²) >= 11 is 3.01. The lowest BCUT2D eigenvalue weighted by Gasteiger charge is -2.09. The summed E-state index contributed by atoms with van der Waals surface area (Å²) in [6, 6.07) is 9.91. The van der Waals surface area contributed by atoms with Crippen molar-refractivity contribution in [1.82, 2.24) is 0 Å². The van der Waals surface area contributed by atoms with Gasteiger partial charge in [0.15, 0.2) is 0 Å². The zero-order chi connectivity index (χ0) is 14.7. The highest BCUT2D eigenvalue weighted by atomic mass is 79.9. The third-order valence-electron chi connectivity index (χ3n) is 2.44. The van der Waals surface area contributed by atoms with E-state index in [-0.39, 0.29) is 21.5 Å². The van der Waals surface area contributed by atoms with E-state index in [9.17, 15) is 14.0 Å². The van der Waals surface area contributed by atoms with Gasteiger partial charge in [0.25, 0.3) is 5.78 Å². The third-order valence-corrected chi connectivity index (χ3v) is 3.05. The van der Waals surface area contributed by atoms with Crippen LogP contribution < -0.4 is 4.74 Å². The number of ether oxygens (including phenoxy) is 1. The zero-order valence-corrected chi connectivity index (χ0v) is 11.6. The van der Waals surface area contributed by atoms with Crippen LogP contribution in [0.2, 0.25) is 0 Å². The predicted molar refractivity (Wildman–Crippen MR) is 72.6 cm³/mol. The number of benzene rings is 2. The lowest BCUT2D eigenvalue weighted by atomic mass is 10.1. The van der Waals surface area contributed by atoms with E-state index in [1.165, 1.54) is 36.4 Å². The molecule has 0 atom stereocenters. The summed E-state index contributed by atoms with van der Waals surface area (Å²) < 4.78 is 18.8. The van der Waals surface area contributed by atoms with Crippen LogP contribution in [0.3, 0.4) is 0 Å². The first-order valence-electron chi connectivity index (χ1n) is 5.48. The summed E-state index contributed by atoms with van der Waals surface area (Å²) in [5, 5.41) is 8.74. The van der Waals surface area contributed by atoms with Crippen molar-refractivity contribution >= 4 is 27.7 Å². The molecule has 0 heterocycles. The highest BCUT2D eigenvalue weighted by Crippen LogP contribution is 2.28. The van der Waals surface area contributed by atoms with Gasteiger partial charge in [-0.25, -0.2) is 9.18 Å². The number of carboxylic acids is 1. The number of aliphatic carboxylic acids is 1. The molecule has 0 aliphatic carbocycles. The average Bonchev–Trinajstić information content (AvgIpc) is 2.42. The molecule has 0 aromatic heterocycles. The fourth-order valence-electron chi connectivity index (χ4n) is 1.53. The van der Waals surface area contributed by atoms with E-state index in [2.05, 4.69) is 15.9 Å². The van der Waals surface area contributed by atoms with Gasteiger partial charge in [0.1, 0.15) is 17.3 Å². The van der Waals surface area contributed by atoms with Crippen molar-refractivity contribution in [3.05, 3.63) is 58.3 Å². The molecule has 0 saturated heterocycles. The second-order valence-electron chi connectivity index (χ2n) is 3.81. The van der Waals surface area contributed by atoms with Crippen molar-refractivity contribution in [3.63, 3.8) is 0 Å². The van der Waals surface area contributed by atoms with Crippen LogP contribution in [0, 0.1) is 5.82 Å². The topological polar surface area (TPSA) is 63.6 Å². The molecular weight excluding hydrogens is 331 g/mol. The molecule has 2 rings (SSSR count). The first kappa shape index (κ1) is 14.2. The number of halogens is 2. The van der Waals surface area contributed by atoms with Crippen LogP contribution in [0.4, 0.5) is 4.39 Å². The van der Waals surface area contributed by atoms with Crippen molar-refractivity contribution in [2.24, 2.45) is 0 Å². The molecule has 2 aromatic carbocycles. The Kier molecular flexibility index (Phi) is 4.14. The van der Waals surface area contributed by atoms with Crippen LogP contribution in [-0.2, 0) is 4.79 Å². The molecule has 0 radical (unpaired) electrons. The number of ketones is 1. The van der Waals surface area contributed by atoms with Crippen LogP contribution >= 0.6 is 15.9 Å². The number of rotatable bonds is 4. The summed E-state index contributed by atoms with van der Waals surface area (Å²) in [7, 11) is 0. The van der Waals surface area contributed by atoms with Gasteiger partial charge in [0.05, 0.1) is 10.0 Å². The largest absolute Gasteiger partial charge is 0.475 e. The van der Waals surface area contributed by atoms with Crippen LogP contribution in [-0.4, -0.2) is 16.9 Å². The third kappa shape index (κ3) is 3.03. The Hall–Kier alpha value is -2.21. The summed E-state index contributed by atoms with van der Waals surface area (Å²) in [6.07, 6.45) is 0. The number of hydrogen-bond acceptors (Lipinski definition) is 3. The molecule has 20 heavy (non-hydrogen) atoms. The first-order valence-corrected chi connectivity index (χ1v) is 6.28. The van der Waals surface area contributed by atoms with E-state index in [0.717, 1.165) is 0 Å². The highest BCUT2D eigenvalue weighted by Gasteiger charge is 2.19. The van der Waals surface area contributed by atoms with Crippen LogP contribution in [0.1, 0.15) is 10.4 Å². The molecule has 0 aliphatic heterocycles. The van der Waals surface area contributed by atoms with Crippen molar-refractivity contribution in [3.8, 4) is 11.5 Å². The smallest absolute Gasteiger partial charge is 0.377 e. The van der Waals surface area contributed by atoms with Crippen molar-refractivity contribution in [1.29, 1.82) is 0 Å². The maximum absolute atomic E-state index is 13.1. The lowest BCUT2D eigenvalue weighted by Crippen LogP contribution is -2.13. The number of carbonyl (C=O) groups excluding carboxylic acids is 1. The SMILES string of the molecule is O=C(O)C(=O)c1ccccc1Oc1ccc(F)c(Br)c1. The Balaban J connectivity index is 2.36. The molecule has 0 aliphatic rings. The molecule has 102 valence electrons. The molecule has 0 unspecified atom stereocenters. The van der Waals surface area contributed by atoms with Gasteiger partial charge in [0, 0.05) is 0 Å². The van der Waals surface area contributed by atoms with Crippen LogP contribution in [0.25, 0.3) is 0 Å². The van der Waals surface area contributed by atoms with E-state index in [1.807, 2.05) is 0 Å². The van der Waals surface area contributed by atoms with Gasteiger partial charge >= 0.3 is 5.97 Å². The minimum Gasteiger partial charge on any atom is -0.475 e. The Morgan fingerprint density at radius 1 is 1.15 bits per heavy atom. The molecule has 0 bridgehead atoms. The van der Waals surface area contributed by atoms with E-state index in [4.69, 9.17) is 9.84 Å². The van der Waals surface area contributed by atoms with Crippen LogP contribution in [0.15, 0.2) is 46.9 Å². The van der Waals surface area contributed by atoms with E-state index in [0.29, 0.717) is 0 Å². The summed E-state index contributed by atoms with van der Waals surface area (Å²) in [5.41, 5.74) is -0.0690. The van der Waals surface area contributed by atoms with Gasteiger partial charge in [0.2, 0.25) is 0 Å². The Labute approximate surface area is 121 Å². The number of hydrogen-bond donors (Lipinski definition) is 1. The van der Waals surface area contributed by atoms with E-state index < -0.39 is 17.6 Å². The Morgan fingerprint density at radius 2 is 1.85 bits per heavy atom. The average molecular weight is 339 g/mol. The van der Waals surface area contributed by atoms with Crippen molar-refractivity contribution in [2.45, 2.75) is 0 Å². The van der Waals surface area contributed by atoms with Gasteiger partial charge in [-0.05, 0) is 46.3 Å². The van der Waals surface area contributed by atoms with Gasteiger partial charge in [-0.15, -0.1) is 0 Å². The highest BCUT2D eigenvalue weighted by molar-refractivity contribution is 9.10. The Morgan fingerprint density at radius 3 is 2.50 bits per heavy atom. The number of carbonyl (C=O) groups is 2. The number of para-hydroxylation sites is 1. The molecular formula is C14H8BrFO4. The number of Topliss-reactive ketones (excluding diaryl/α,β-unsaturated/α-hetero) is 1. The Bertz CT molecular complexity index is 685. The standard InChI is InChI=1S/C14H8BrFO4/c15-10-7-8(5-6-11(10)16)20-12-4-2-1-3-9(12)13(17)14(18)19/h1-7H,(H,18,19). The van der Waals surface area contributed by atoms with Crippen LogP contribution in [0.5, 0.6) is 11.5 Å². The summed E-state index contributed by atoms with van der Waals surface area (Å²) in [4.78, 5) is 22.3. The fourth-order valence-corrected chi connectivity index (χ4v) is 1.88. The van der Waals surface area contributed by atoms with Crippen molar-refractivity contribution in [2.75, 3.05) is 0 Å². The normalized spacial score (nSPS) is 10.1. The summed E-state index contributed by atoms with van der Waals surface area (Å²) in [6.45, 7) is 0. The second-order valence-corrected chi connectivity index (χ2v) is 4.66. The van der Waals surface area contributed by atoms with E-state index >= 15 is 0 Å². The molecule has 2 aromatic rings. The predicted octanol–water partition coefficient (Wildman–Crippen LogP) is 3.65. The maximum Gasteiger partial charge on any atom is 0.377 e. The molecule has 0 saturated carbocycles. The molecule has 0 fully saturated rings. The monoisotopic (exact) mass is 338 g/mol. The molecule has 6 heteroatoms. The quantitative estimate of drug-likeness (QED) is 0.682. The molecule has 0 spiro atoms. The van der Waals surface area contributed by atoms with E-state index in [1.54, 1.807) is 6.07 Å². The second kappa shape index (κ2) is 5.83. The molecule has 4 nitrogen and oxygen atoms in total. The lowest BCUT2D eigenvalue weighted by molar-refractivity contribution is -0.131. The van der Waals surface area contributed by atoms with Gasteiger partial charge < -0.3 is 9.84 Å². The molecule has 0 amide bonds. The number of carboxylic acid groups (broad SMARTS) is 1. The van der Waals surface area contributed by atoms with Gasteiger partial charge in [-0.3, -0.25) is 4.79 Å². The minimum atomic E-state index is -1.57.